The molecule has 0 unspecified atom stereocenters. The molecule has 0 N–H and O–H groups in total. The van der Waals surface area contributed by atoms with Crippen LogP contribution in [0.1, 0.15) is 12.5 Å². The summed E-state index contributed by atoms with van der Waals surface area (Å²) in [5, 5.41) is 0. The summed E-state index contributed by atoms with van der Waals surface area (Å²) in [6.45, 7) is 8.91. The van der Waals surface area contributed by atoms with E-state index in [0.717, 1.165) is 5.56 Å². The maximum Gasteiger partial charge on any atom is 0.330 e. The Hall–Kier alpha value is -2.08. The summed E-state index contributed by atoms with van der Waals surface area (Å²) in [5.41, 5.74) is 1.46. The molecule has 0 saturated carbocycles. The van der Waals surface area contributed by atoms with Gasteiger partial charge in [-0.2, -0.15) is 0 Å². The van der Waals surface area contributed by atoms with Gasteiger partial charge in [0.1, 0.15) is 0 Å². The number of esters is 1. The lowest BCUT2D eigenvalue weighted by atomic mass is 10.2. The van der Waals surface area contributed by atoms with Gasteiger partial charge in [-0.05, 0) is 18.6 Å². The van der Waals surface area contributed by atoms with E-state index in [1.165, 1.54) is 6.08 Å². The van der Waals surface area contributed by atoms with E-state index in [-0.39, 0.29) is 5.97 Å². The maximum atomic E-state index is 11.0. The topological polar surface area (TPSA) is 30.7 Å². The minimum absolute atomic E-state index is 0.355. The molecule has 3 heteroatoms. The van der Waals surface area contributed by atoms with Crippen LogP contribution in [0.2, 0.25) is 0 Å². The number of ether oxygens (including phenoxy) is 1. The third kappa shape index (κ3) is 3.65. The molecule has 1 aromatic carbocycles. The molecule has 0 aliphatic rings. The molecule has 15 heavy (non-hydrogen) atoms. The van der Waals surface area contributed by atoms with Crippen molar-refractivity contribution >= 4 is 17.7 Å². The maximum absolute atomic E-state index is 11.0. The van der Waals surface area contributed by atoms with Crippen LogP contribution in [-0.4, -0.2) is 12.6 Å². The van der Waals surface area contributed by atoms with Crippen LogP contribution in [-0.2, 0) is 9.53 Å². The fraction of sp³-hybridized carbons (Fsp3) is 0.167. The number of benzene rings is 1. The molecule has 0 heterocycles. The molecule has 0 aliphatic heterocycles. The Kier molecular flexibility index (Phi) is 4.11. The molecule has 0 saturated heterocycles. The molecule has 0 bridgehead atoms. The molecular formula is C12H11NO2. The minimum Gasteiger partial charge on any atom is -0.463 e. The number of carbonyl (C=O) groups excluding carboxylic acids is 1. The smallest absolute Gasteiger partial charge is 0.330 e. The van der Waals surface area contributed by atoms with Crippen molar-refractivity contribution in [3.05, 3.63) is 47.3 Å². The monoisotopic (exact) mass is 201 g/mol. The highest BCUT2D eigenvalue weighted by atomic mass is 16.5. The first kappa shape index (κ1) is 11.0. The molecule has 3 nitrogen and oxygen atoms in total. The molecule has 76 valence electrons. The molecule has 0 spiro atoms. The van der Waals surface area contributed by atoms with E-state index in [4.69, 9.17) is 11.3 Å². The fourth-order valence-corrected chi connectivity index (χ4v) is 1.01. The van der Waals surface area contributed by atoms with Gasteiger partial charge in [-0.15, -0.1) is 0 Å². The SMILES string of the molecule is [C-]#[N+]c1ccc(/C=C/C(=O)OCC)cc1. The quantitative estimate of drug-likeness (QED) is 0.427. The van der Waals surface area contributed by atoms with Crippen LogP contribution >= 0.6 is 0 Å². The van der Waals surface area contributed by atoms with Gasteiger partial charge < -0.3 is 4.74 Å². The third-order valence-electron chi connectivity index (χ3n) is 1.72. The van der Waals surface area contributed by atoms with Crippen molar-refractivity contribution in [3.8, 4) is 0 Å². The lowest BCUT2D eigenvalue weighted by molar-refractivity contribution is -0.137. The molecule has 0 atom stereocenters. The van der Waals surface area contributed by atoms with Crippen molar-refractivity contribution in [2.45, 2.75) is 6.92 Å². The summed E-state index contributed by atoms with van der Waals surface area (Å²) in [5.74, 6) is -0.355. The molecule has 0 radical (unpaired) electrons. The predicted molar refractivity (Wildman–Crippen MR) is 58.4 cm³/mol. The zero-order valence-electron chi connectivity index (χ0n) is 8.43. The van der Waals surface area contributed by atoms with Gasteiger partial charge in [-0.25, -0.2) is 9.64 Å². The standard InChI is InChI=1S/C12H11NO2/c1-3-15-12(14)9-6-10-4-7-11(13-2)8-5-10/h4-9H,3H2,1H3/b9-6+. The first-order valence-corrected chi connectivity index (χ1v) is 4.58. The van der Waals surface area contributed by atoms with E-state index in [1.807, 2.05) is 0 Å². The second-order valence-corrected chi connectivity index (χ2v) is 2.79. The largest absolute Gasteiger partial charge is 0.463 e. The van der Waals surface area contributed by atoms with Crippen molar-refractivity contribution in [1.82, 2.24) is 0 Å². The Morgan fingerprint density at radius 1 is 1.47 bits per heavy atom. The molecule has 0 aromatic heterocycles. The van der Waals surface area contributed by atoms with Gasteiger partial charge in [-0.3, -0.25) is 0 Å². The van der Waals surface area contributed by atoms with E-state index in [9.17, 15) is 4.79 Å². The van der Waals surface area contributed by atoms with Crippen LogP contribution in [0.5, 0.6) is 0 Å². The summed E-state index contributed by atoms with van der Waals surface area (Å²) in [7, 11) is 0. The Morgan fingerprint density at radius 2 is 2.13 bits per heavy atom. The number of hydrogen-bond acceptors (Lipinski definition) is 2. The van der Waals surface area contributed by atoms with Crippen molar-refractivity contribution in [3.63, 3.8) is 0 Å². The van der Waals surface area contributed by atoms with Crippen LogP contribution in [0, 0.1) is 6.57 Å². The summed E-state index contributed by atoms with van der Waals surface area (Å²) in [6.07, 6.45) is 3.03. The number of nitrogens with zero attached hydrogens (tertiary/aromatic N) is 1. The van der Waals surface area contributed by atoms with Crippen LogP contribution in [0.25, 0.3) is 10.9 Å². The van der Waals surface area contributed by atoms with Crippen LogP contribution in [0.15, 0.2) is 30.3 Å². The van der Waals surface area contributed by atoms with E-state index < -0.39 is 0 Å². The van der Waals surface area contributed by atoms with Crippen molar-refractivity contribution in [2.24, 2.45) is 0 Å². The van der Waals surface area contributed by atoms with Gasteiger partial charge >= 0.3 is 5.97 Å². The Balaban J connectivity index is 2.65. The highest BCUT2D eigenvalue weighted by molar-refractivity contribution is 5.87. The third-order valence-corrected chi connectivity index (χ3v) is 1.72. The zero-order valence-corrected chi connectivity index (χ0v) is 8.43. The van der Waals surface area contributed by atoms with Gasteiger partial charge in [-0.1, -0.05) is 24.3 Å². The van der Waals surface area contributed by atoms with E-state index in [2.05, 4.69) is 4.85 Å². The van der Waals surface area contributed by atoms with Crippen molar-refractivity contribution in [2.75, 3.05) is 6.61 Å². The van der Waals surface area contributed by atoms with Gasteiger partial charge in [0.2, 0.25) is 0 Å². The first-order chi connectivity index (χ1) is 7.26. The Labute approximate surface area is 88.8 Å². The van der Waals surface area contributed by atoms with Crippen molar-refractivity contribution in [1.29, 1.82) is 0 Å². The van der Waals surface area contributed by atoms with E-state index in [1.54, 1.807) is 37.3 Å². The van der Waals surface area contributed by atoms with E-state index in [0.29, 0.717) is 12.3 Å². The zero-order chi connectivity index (χ0) is 11.1. The van der Waals surface area contributed by atoms with E-state index >= 15 is 0 Å². The Morgan fingerprint density at radius 3 is 2.67 bits per heavy atom. The number of rotatable bonds is 3. The highest BCUT2D eigenvalue weighted by Gasteiger charge is 1.94. The first-order valence-electron chi connectivity index (χ1n) is 4.58. The summed E-state index contributed by atoms with van der Waals surface area (Å²) in [6, 6.07) is 6.97. The number of carbonyl (C=O) groups is 1. The van der Waals surface area contributed by atoms with Crippen LogP contribution in [0.3, 0.4) is 0 Å². The minimum atomic E-state index is -0.355. The lowest BCUT2D eigenvalue weighted by Crippen LogP contribution is -1.98. The second-order valence-electron chi connectivity index (χ2n) is 2.79. The predicted octanol–water partition coefficient (Wildman–Crippen LogP) is 2.81. The fourth-order valence-electron chi connectivity index (χ4n) is 1.01. The number of hydrogen-bond donors (Lipinski definition) is 0. The highest BCUT2D eigenvalue weighted by Crippen LogP contribution is 2.13. The Bertz CT molecular complexity index is 399. The molecule has 0 amide bonds. The summed E-state index contributed by atoms with van der Waals surface area (Å²) in [4.78, 5) is 14.3. The normalized spacial score (nSPS) is 9.87. The summed E-state index contributed by atoms with van der Waals surface area (Å²) >= 11 is 0. The summed E-state index contributed by atoms with van der Waals surface area (Å²) < 4.78 is 4.73. The second kappa shape index (κ2) is 5.61. The average molecular weight is 201 g/mol. The van der Waals surface area contributed by atoms with Gasteiger partial charge in [0.15, 0.2) is 5.69 Å². The molecule has 0 fully saturated rings. The molecule has 1 aromatic rings. The average Bonchev–Trinajstić information content (AvgIpc) is 2.27. The van der Waals surface area contributed by atoms with Crippen LogP contribution in [0.4, 0.5) is 5.69 Å². The molecular weight excluding hydrogens is 190 g/mol. The van der Waals surface area contributed by atoms with Gasteiger partial charge in [0.25, 0.3) is 0 Å². The van der Waals surface area contributed by atoms with Gasteiger partial charge in [0.05, 0.1) is 13.2 Å². The van der Waals surface area contributed by atoms with Gasteiger partial charge in [0, 0.05) is 6.08 Å². The van der Waals surface area contributed by atoms with Crippen LogP contribution < -0.4 is 0 Å². The molecule has 0 aliphatic carbocycles. The lowest BCUT2D eigenvalue weighted by Gasteiger charge is -1.95. The molecule has 1 rings (SSSR count). The van der Waals surface area contributed by atoms with Crippen molar-refractivity contribution < 1.29 is 9.53 Å².